The van der Waals surface area contributed by atoms with Crippen LogP contribution in [0.15, 0.2) is 30.3 Å². The SMILES string of the molecule is Cl.Cl.NC1C2CCC(C2)C1C(=O)NCC(c1ccccc1)N1CCOCC1. The molecule has 152 valence electrons. The minimum atomic E-state index is 0. The van der Waals surface area contributed by atoms with Crippen LogP contribution < -0.4 is 11.1 Å². The Morgan fingerprint density at radius 1 is 1.15 bits per heavy atom. The second-order valence-corrected chi connectivity index (χ2v) is 7.76. The van der Waals surface area contributed by atoms with Crippen molar-refractivity contribution in [2.45, 2.75) is 31.3 Å². The molecule has 2 aliphatic carbocycles. The quantitative estimate of drug-likeness (QED) is 0.774. The summed E-state index contributed by atoms with van der Waals surface area (Å²) in [4.78, 5) is 15.2. The molecule has 0 radical (unpaired) electrons. The molecule has 1 aromatic rings. The van der Waals surface area contributed by atoms with Crippen LogP contribution in [0.25, 0.3) is 0 Å². The predicted molar refractivity (Wildman–Crippen MR) is 111 cm³/mol. The van der Waals surface area contributed by atoms with E-state index in [-0.39, 0.29) is 48.7 Å². The average Bonchev–Trinajstić information content (AvgIpc) is 3.25. The van der Waals surface area contributed by atoms with E-state index < -0.39 is 0 Å². The zero-order chi connectivity index (χ0) is 17.2. The van der Waals surface area contributed by atoms with Gasteiger partial charge in [-0.3, -0.25) is 9.69 Å². The Balaban J connectivity index is 0.00000131. The Labute approximate surface area is 174 Å². The summed E-state index contributed by atoms with van der Waals surface area (Å²) >= 11 is 0. The van der Waals surface area contributed by atoms with Gasteiger partial charge in [-0.05, 0) is 36.7 Å². The van der Waals surface area contributed by atoms with Crippen LogP contribution in [0.4, 0.5) is 0 Å². The summed E-state index contributed by atoms with van der Waals surface area (Å²) in [5.74, 6) is 1.23. The van der Waals surface area contributed by atoms with Crippen molar-refractivity contribution in [1.82, 2.24) is 10.2 Å². The lowest BCUT2D eigenvalue weighted by Crippen LogP contribution is -2.48. The van der Waals surface area contributed by atoms with E-state index in [4.69, 9.17) is 10.5 Å². The van der Waals surface area contributed by atoms with Crippen LogP contribution in [0.2, 0.25) is 0 Å². The van der Waals surface area contributed by atoms with Gasteiger partial charge in [0.2, 0.25) is 5.91 Å². The van der Waals surface area contributed by atoms with Crippen molar-refractivity contribution in [2.24, 2.45) is 23.5 Å². The van der Waals surface area contributed by atoms with Gasteiger partial charge in [0.1, 0.15) is 0 Å². The molecule has 5 nitrogen and oxygen atoms in total. The number of rotatable bonds is 5. The number of nitrogens with two attached hydrogens (primary N) is 1. The first-order valence-corrected chi connectivity index (χ1v) is 9.64. The highest BCUT2D eigenvalue weighted by molar-refractivity contribution is 5.85. The lowest BCUT2D eigenvalue weighted by atomic mass is 9.84. The Hall–Kier alpha value is -0.850. The molecule has 2 saturated carbocycles. The van der Waals surface area contributed by atoms with Gasteiger partial charge in [-0.25, -0.2) is 0 Å². The molecule has 1 aliphatic heterocycles. The number of carbonyl (C=O) groups is 1. The van der Waals surface area contributed by atoms with Gasteiger partial charge in [-0.2, -0.15) is 0 Å². The normalized spacial score (nSPS) is 30.9. The third kappa shape index (κ3) is 4.77. The van der Waals surface area contributed by atoms with Crippen LogP contribution in [-0.2, 0) is 9.53 Å². The van der Waals surface area contributed by atoms with Crippen molar-refractivity contribution in [3.05, 3.63) is 35.9 Å². The van der Waals surface area contributed by atoms with Crippen LogP contribution in [0, 0.1) is 17.8 Å². The topological polar surface area (TPSA) is 67.6 Å². The molecule has 27 heavy (non-hydrogen) atoms. The molecule has 3 N–H and O–H groups in total. The summed E-state index contributed by atoms with van der Waals surface area (Å²) in [7, 11) is 0. The first-order valence-electron chi connectivity index (χ1n) is 9.64. The monoisotopic (exact) mass is 415 g/mol. The number of nitrogens with zero attached hydrogens (tertiary/aromatic N) is 1. The van der Waals surface area contributed by atoms with Crippen LogP contribution >= 0.6 is 24.8 Å². The van der Waals surface area contributed by atoms with Gasteiger partial charge in [0, 0.05) is 25.7 Å². The first-order chi connectivity index (χ1) is 12.2. The third-order valence-electron chi connectivity index (χ3n) is 6.42. The first kappa shape index (κ1) is 22.4. The summed E-state index contributed by atoms with van der Waals surface area (Å²) in [6.07, 6.45) is 3.52. The molecule has 1 aromatic carbocycles. The number of ether oxygens (including phenoxy) is 1. The average molecular weight is 416 g/mol. The largest absolute Gasteiger partial charge is 0.379 e. The van der Waals surface area contributed by atoms with E-state index in [1.54, 1.807) is 0 Å². The number of benzene rings is 1. The maximum atomic E-state index is 12.8. The molecule has 5 atom stereocenters. The van der Waals surface area contributed by atoms with Gasteiger partial charge < -0.3 is 15.8 Å². The van der Waals surface area contributed by atoms with Crippen LogP contribution in [-0.4, -0.2) is 49.7 Å². The van der Waals surface area contributed by atoms with E-state index in [2.05, 4.69) is 34.5 Å². The molecule has 1 heterocycles. The van der Waals surface area contributed by atoms with Crippen molar-refractivity contribution < 1.29 is 9.53 Å². The van der Waals surface area contributed by atoms with Gasteiger partial charge >= 0.3 is 0 Å². The van der Waals surface area contributed by atoms with Crippen LogP contribution in [0.5, 0.6) is 0 Å². The maximum absolute atomic E-state index is 12.8. The van der Waals surface area contributed by atoms with Crippen LogP contribution in [0.1, 0.15) is 30.9 Å². The Morgan fingerprint density at radius 3 is 2.44 bits per heavy atom. The lowest BCUT2D eigenvalue weighted by Gasteiger charge is -2.35. The molecule has 3 aliphatic rings. The van der Waals surface area contributed by atoms with Crippen molar-refractivity contribution in [3.63, 3.8) is 0 Å². The van der Waals surface area contributed by atoms with Gasteiger partial charge in [-0.1, -0.05) is 30.3 Å². The lowest BCUT2D eigenvalue weighted by molar-refractivity contribution is -0.127. The fourth-order valence-electron chi connectivity index (χ4n) is 5.06. The van der Waals surface area contributed by atoms with Crippen molar-refractivity contribution in [2.75, 3.05) is 32.8 Å². The van der Waals surface area contributed by atoms with E-state index in [1.807, 2.05) is 6.07 Å². The van der Waals surface area contributed by atoms with Crippen molar-refractivity contribution in [1.29, 1.82) is 0 Å². The smallest absolute Gasteiger partial charge is 0.225 e. The standard InChI is InChI=1S/C20H29N3O2.2ClH/c21-19-16-7-6-15(12-16)18(19)20(24)22-13-17(14-4-2-1-3-5-14)23-8-10-25-11-9-23;;/h1-5,15-19H,6-13,21H2,(H,22,24);2*1H. The zero-order valence-electron chi connectivity index (χ0n) is 15.6. The van der Waals surface area contributed by atoms with Gasteiger partial charge in [0.15, 0.2) is 0 Å². The molecular weight excluding hydrogens is 385 g/mol. The van der Waals surface area contributed by atoms with Gasteiger partial charge in [-0.15, -0.1) is 24.8 Å². The number of hydrogen-bond acceptors (Lipinski definition) is 4. The zero-order valence-corrected chi connectivity index (χ0v) is 17.2. The summed E-state index contributed by atoms with van der Waals surface area (Å²) < 4.78 is 5.49. The highest BCUT2D eigenvalue weighted by atomic mass is 35.5. The number of morpholine rings is 1. The molecule has 7 heteroatoms. The molecule has 3 fully saturated rings. The minimum absolute atomic E-state index is 0. The molecule has 1 saturated heterocycles. The summed E-state index contributed by atoms with van der Waals surface area (Å²) in [5.41, 5.74) is 7.59. The number of nitrogens with one attached hydrogen (secondary N) is 1. The summed E-state index contributed by atoms with van der Waals surface area (Å²) in [6, 6.07) is 10.7. The minimum Gasteiger partial charge on any atom is -0.379 e. The Kier molecular flexibility index (Phi) is 8.38. The number of amides is 1. The van der Waals surface area contributed by atoms with E-state index in [1.165, 1.54) is 18.4 Å². The third-order valence-corrected chi connectivity index (χ3v) is 6.42. The van der Waals surface area contributed by atoms with E-state index >= 15 is 0 Å². The van der Waals surface area contributed by atoms with Crippen molar-refractivity contribution in [3.8, 4) is 0 Å². The van der Waals surface area contributed by atoms with E-state index in [0.29, 0.717) is 18.4 Å². The summed E-state index contributed by atoms with van der Waals surface area (Å²) in [6.45, 7) is 3.97. The number of fused-ring (bicyclic) bond motifs is 2. The van der Waals surface area contributed by atoms with E-state index in [9.17, 15) is 4.79 Å². The Morgan fingerprint density at radius 2 is 1.81 bits per heavy atom. The van der Waals surface area contributed by atoms with E-state index in [0.717, 1.165) is 32.7 Å². The molecule has 4 rings (SSSR count). The second-order valence-electron chi connectivity index (χ2n) is 7.76. The molecule has 2 bridgehead atoms. The molecule has 0 aromatic heterocycles. The fraction of sp³-hybridized carbons (Fsp3) is 0.650. The number of halogens is 2. The highest BCUT2D eigenvalue weighted by Gasteiger charge is 2.49. The van der Waals surface area contributed by atoms with Crippen LogP contribution in [0.3, 0.4) is 0 Å². The molecular formula is C20H31Cl2N3O2. The Bertz CT molecular complexity index is 596. The van der Waals surface area contributed by atoms with Gasteiger partial charge in [0.25, 0.3) is 0 Å². The fourth-order valence-corrected chi connectivity index (χ4v) is 5.06. The van der Waals surface area contributed by atoms with Crippen molar-refractivity contribution >= 4 is 30.7 Å². The highest BCUT2D eigenvalue weighted by Crippen LogP contribution is 2.47. The number of carbonyl (C=O) groups excluding carboxylic acids is 1. The second kappa shape index (κ2) is 10.1. The maximum Gasteiger partial charge on any atom is 0.225 e. The predicted octanol–water partition coefficient (Wildman–Crippen LogP) is 2.39. The molecule has 5 unspecified atom stereocenters. The number of hydrogen-bond donors (Lipinski definition) is 2. The summed E-state index contributed by atoms with van der Waals surface area (Å²) in [5, 5.41) is 3.23. The molecule has 1 amide bonds. The molecule has 0 spiro atoms. The van der Waals surface area contributed by atoms with Gasteiger partial charge in [0.05, 0.1) is 25.2 Å².